The molecule has 6 rings (SSSR count). The zero-order valence-electron chi connectivity index (χ0n) is 27.4. The second kappa shape index (κ2) is 14.8. The third-order valence-electron chi connectivity index (χ3n) is 9.72. The molecule has 1 aromatic carbocycles. The van der Waals surface area contributed by atoms with Gasteiger partial charge >= 0.3 is 11.9 Å². The molecule has 17 heteroatoms. The van der Waals surface area contributed by atoms with E-state index in [1.54, 1.807) is 37.3 Å². The number of hydrogen-bond donors (Lipinski definition) is 6. The number of hydrogen-bond acceptors (Lipinski definition) is 17. The highest BCUT2D eigenvalue weighted by molar-refractivity contribution is 5.87. The first-order valence-electron chi connectivity index (χ1n) is 16.2. The van der Waals surface area contributed by atoms with Crippen LogP contribution in [0.1, 0.15) is 19.4 Å². The van der Waals surface area contributed by atoms with E-state index in [-0.39, 0.29) is 0 Å². The van der Waals surface area contributed by atoms with Crippen molar-refractivity contribution in [2.45, 2.75) is 99.4 Å². The maximum Gasteiger partial charge on any atom is 0.331 e. The van der Waals surface area contributed by atoms with Gasteiger partial charge in [-0.15, -0.1) is 0 Å². The second-order valence-electron chi connectivity index (χ2n) is 12.8. The molecular weight excluding hydrogens is 668 g/mol. The van der Waals surface area contributed by atoms with Gasteiger partial charge in [0.05, 0.1) is 44.7 Å². The van der Waals surface area contributed by atoms with Gasteiger partial charge in [0.25, 0.3) is 0 Å². The lowest BCUT2D eigenvalue weighted by molar-refractivity contribution is -0.347. The van der Waals surface area contributed by atoms with Crippen LogP contribution < -0.4 is 4.74 Å². The van der Waals surface area contributed by atoms with E-state index in [2.05, 4.69) is 0 Å². The zero-order valence-corrected chi connectivity index (χ0v) is 27.4. The number of esters is 2. The van der Waals surface area contributed by atoms with Gasteiger partial charge in [-0.2, -0.15) is 0 Å². The van der Waals surface area contributed by atoms with Crippen molar-refractivity contribution in [3.05, 3.63) is 48.2 Å². The van der Waals surface area contributed by atoms with Gasteiger partial charge in [0.2, 0.25) is 6.29 Å². The Morgan fingerprint density at radius 2 is 1.60 bits per heavy atom. The Balaban J connectivity index is 1.15. The van der Waals surface area contributed by atoms with Crippen molar-refractivity contribution in [3.63, 3.8) is 0 Å². The van der Waals surface area contributed by atoms with Gasteiger partial charge in [0.15, 0.2) is 24.8 Å². The van der Waals surface area contributed by atoms with E-state index in [4.69, 9.17) is 42.6 Å². The molecule has 1 saturated carbocycles. The summed E-state index contributed by atoms with van der Waals surface area (Å²) in [6.07, 6.45) is -11.5. The summed E-state index contributed by atoms with van der Waals surface area (Å²) < 4.78 is 51.4. The average molecular weight is 711 g/mol. The highest BCUT2D eigenvalue weighted by Gasteiger charge is 2.77. The molecular formula is C33H42O17. The van der Waals surface area contributed by atoms with Gasteiger partial charge in [-0.3, -0.25) is 4.79 Å². The Bertz CT molecular complexity index is 1420. The number of carbonyl (C=O) groups is 2. The number of aliphatic hydroxyl groups is 6. The Morgan fingerprint density at radius 1 is 0.880 bits per heavy atom. The van der Waals surface area contributed by atoms with Gasteiger partial charge < -0.3 is 73.3 Å². The first kappa shape index (κ1) is 36.6. The fraction of sp³-hybridized carbons (Fsp3) is 0.636. The van der Waals surface area contributed by atoms with Crippen LogP contribution in [0, 0.1) is 11.8 Å². The first-order chi connectivity index (χ1) is 23.9. The van der Waals surface area contributed by atoms with Crippen molar-refractivity contribution >= 4 is 18.0 Å². The minimum Gasteiger partial charge on any atom is -0.497 e. The topological polar surface area (TPSA) is 242 Å². The van der Waals surface area contributed by atoms with Crippen molar-refractivity contribution in [1.29, 1.82) is 0 Å². The van der Waals surface area contributed by atoms with Gasteiger partial charge in [0, 0.05) is 18.9 Å². The van der Waals surface area contributed by atoms with Crippen LogP contribution in [-0.2, 0) is 47.5 Å². The lowest BCUT2D eigenvalue weighted by Crippen LogP contribution is -2.61. The maximum atomic E-state index is 12.8. The van der Waals surface area contributed by atoms with Crippen LogP contribution in [0.15, 0.2) is 42.7 Å². The number of benzene rings is 1. The second-order valence-corrected chi connectivity index (χ2v) is 12.8. The first-order valence-corrected chi connectivity index (χ1v) is 16.2. The molecule has 4 heterocycles. The summed E-state index contributed by atoms with van der Waals surface area (Å²) in [6, 6.07) is 6.93. The van der Waals surface area contributed by atoms with Gasteiger partial charge in [0.1, 0.15) is 48.0 Å². The number of methoxy groups -OCH3 is 1. The summed E-state index contributed by atoms with van der Waals surface area (Å²) >= 11 is 0. The van der Waals surface area contributed by atoms with Gasteiger partial charge in [-0.05, 0) is 36.8 Å². The number of fused-ring (bicyclic) bond motifs is 3. The molecule has 0 unspecified atom stereocenters. The molecule has 4 aliphatic heterocycles. The molecule has 1 aliphatic carbocycles. The molecule has 16 atom stereocenters. The predicted molar refractivity (Wildman–Crippen MR) is 163 cm³/mol. The lowest BCUT2D eigenvalue weighted by atomic mass is 9.85. The van der Waals surface area contributed by atoms with Crippen molar-refractivity contribution in [1.82, 2.24) is 0 Å². The van der Waals surface area contributed by atoms with E-state index in [9.17, 15) is 40.2 Å². The summed E-state index contributed by atoms with van der Waals surface area (Å²) in [4.78, 5) is 24.9. The smallest absolute Gasteiger partial charge is 0.331 e. The van der Waals surface area contributed by atoms with Crippen molar-refractivity contribution in [2.24, 2.45) is 11.8 Å². The number of epoxide rings is 1. The number of aliphatic hydroxyl groups excluding tert-OH is 6. The molecule has 0 amide bonds. The largest absolute Gasteiger partial charge is 0.497 e. The summed E-state index contributed by atoms with van der Waals surface area (Å²) in [6.45, 7) is 1.54. The molecule has 17 nitrogen and oxygen atoms in total. The minimum absolute atomic E-state index is 0.493. The fourth-order valence-corrected chi connectivity index (χ4v) is 7.11. The Hall–Kier alpha value is -3.20. The van der Waals surface area contributed by atoms with E-state index in [0.29, 0.717) is 11.3 Å². The van der Waals surface area contributed by atoms with Crippen molar-refractivity contribution in [2.75, 3.05) is 20.3 Å². The maximum absolute atomic E-state index is 12.8. The third kappa shape index (κ3) is 6.88. The quantitative estimate of drug-likeness (QED) is 0.0835. The standard InChI is InChI=1S/C33H42O17/c1-14-26(47-20(37)9-6-16-4-7-17(42-3)8-5-16)28(45-15(2)36)25(41)32(44-14)48-27-18-10-11-43-30(21(18)33(13-35)29(27)50-33)49-31-24(40)23(39)22(38)19(12-34)46-31/h4-11,14,18-19,21-32,34-35,38-41H,12-13H2,1-3H3/t14-,18+,19+,21+,22+,23-,24+,25+,26-,27-,28-,29-,30-,31-,32-,33+/m0/s1. The molecule has 0 radical (unpaired) electrons. The molecule has 6 N–H and O–H groups in total. The molecule has 0 spiro atoms. The highest BCUT2D eigenvalue weighted by Crippen LogP contribution is 2.61. The number of rotatable bonds is 11. The van der Waals surface area contributed by atoms with Crippen LogP contribution in [0.25, 0.3) is 6.08 Å². The van der Waals surface area contributed by atoms with E-state index in [1.807, 2.05) is 0 Å². The Morgan fingerprint density at radius 3 is 2.26 bits per heavy atom. The van der Waals surface area contributed by atoms with Crippen LogP contribution >= 0.6 is 0 Å². The van der Waals surface area contributed by atoms with E-state index in [0.717, 1.165) is 6.92 Å². The molecule has 1 aromatic rings. The van der Waals surface area contributed by atoms with Crippen LogP contribution in [-0.4, -0.2) is 148 Å². The summed E-state index contributed by atoms with van der Waals surface area (Å²) in [5.74, 6) is -2.23. The van der Waals surface area contributed by atoms with Gasteiger partial charge in [-0.25, -0.2) is 4.79 Å². The summed E-state index contributed by atoms with van der Waals surface area (Å²) in [7, 11) is 1.54. The lowest BCUT2D eigenvalue weighted by Gasteiger charge is -2.44. The summed E-state index contributed by atoms with van der Waals surface area (Å²) in [5, 5.41) is 62.3. The van der Waals surface area contributed by atoms with Crippen molar-refractivity contribution < 1.29 is 82.9 Å². The highest BCUT2D eigenvalue weighted by atomic mass is 16.8. The molecule has 5 aliphatic rings. The van der Waals surface area contributed by atoms with Gasteiger partial charge in [-0.1, -0.05) is 12.1 Å². The molecule has 3 saturated heterocycles. The van der Waals surface area contributed by atoms with Crippen LogP contribution in [0.2, 0.25) is 0 Å². The Kier molecular flexibility index (Phi) is 10.8. The predicted octanol–water partition coefficient (Wildman–Crippen LogP) is -1.89. The molecule has 276 valence electrons. The third-order valence-corrected chi connectivity index (χ3v) is 9.72. The number of carbonyl (C=O) groups excluding carboxylic acids is 2. The normalized spacial score (nSPS) is 43.4. The van der Waals surface area contributed by atoms with E-state index < -0.39 is 122 Å². The monoisotopic (exact) mass is 710 g/mol. The van der Waals surface area contributed by atoms with Crippen LogP contribution in [0.5, 0.6) is 5.75 Å². The number of ether oxygens (including phenoxy) is 9. The minimum atomic E-state index is -1.71. The molecule has 4 fully saturated rings. The molecule has 50 heavy (non-hydrogen) atoms. The zero-order chi connectivity index (χ0) is 35.9. The van der Waals surface area contributed by atoms with E-state index in [1.165, 1.54) is 25.5 Å². The average Bonchev–Trinajstić information content (AvgIpc) is 3.78. The molecule has 0 aromatic heterocycles. The van der Waals surface area contributed by atoms with E-state index >= 15 is 0 Å². The van der Waals surface area contributed by atoms with Crippen LogP contribution in [0.3, 0.4) is 0 Å². The summed E-state index contributed by atoms with van der Waals surface area (Å²) in [5.41, 5.74) is -0.548. The van der Waals surface area contributed by atoms with Crippen molar-refractivity contribution in [3.8, 4) is 5.75 Å². The SMILES string of the molecule is COc1ccc(C=CC(=O)O[C@@H]2[C@@H](OC(C)=O)[C@@H](O)[C@H](O[C@H]3[C@@H]4C=CO[C@@H](O[C@@H]5O[C@H](CO)[C@@H](O)[C@H](O)[C@H]5O)[C@@H]4[C@@]4(CO)O[C@@H]34)O[C@H]2C)cc1. The Labute approximate surface area is 286 Å². The fourth-order valence-electron chi connectivity index (χ4n) is 7.11. The molecule has 0 bridgehead atoms. The van der Waals surface area contributed by atoms with Crippen LogP contribution in [0.4, 0.5) is 0 Å².